The summed E-state index contributed by atoms with van der Waals surface area (Å²) < 4.78 is 5.97. The maximum absolute atomic E-state index is 6.47. The van der Waals surface area contributed by atoms with Gasteiger partial charge in [0.25, 0.3) is 0 Å². The molecule has 0 bridgehead atoms. The number of nitrogens with zero attached hydrogens (tertiary/aromatic N) is 6. The van der Waals surface area contributed by atoms with E-state index in [1.165, 1.54) is 0 Å². The van der Waals surface area contributed by atoms with Crippen molar-refractivity contribution in [3.63, 3.8) is 0 Å². The average molecular weight is 491 g/mol. The van der Waals surface area contributed by atoms with Crippen LogP contribution in [0.2, 0.25) is 0 Å². The molecule has 0 radical (unpaired) electrons. The maximum atomic E-state index is 6.47. The molecule has 4 rings (SSSR count). The lowest BCUT2D eigenvalue weighted by molar-refractivity contribution is 0.342. The van der Waals surface area contributed by atoms with E-state index in [2.05, 4.69) is 59.0 Å². The van der Waals surface area contributed by atoms with Crippen LogP contribution in [0, 0.1) is 6.92 Å². The van der Waals surface area contributed by atoms with Crippen LogP contribution < -0.4 is 25.6 Å². The first-order valence-electron chi connectivity index (χ1n) is 12.4. The van der Waals surface area contributed by atoms with Crippen LogP contribution in [0.3, 0.4) is 0 Å². The predicted molar refractivity (Wildman–Crippen MR) is 148 cm³/mol. The molecule has 36 heavy (non-hydrogen) atoms. The van der Waals surface area contributed by atoms with Crippen LogP contribution in [0.1, 0.15) is 32.2 Å². The number of nitrogen functional groups attached to an aromatic ring is 1. The fourth-order valence-corrected chi connectivity index (χ4v) is 4.46. The number of fused-ring (bicyclic) bond motifs is 1. The van der Waals surface area contributed by atoms with Gasteiger partial charge in [-0.2, -0.15) is 4.98 Å². The average Bonchev–Trinajstić information content (AvgIpc) is 3.09. The lowest BCUT2D eigenvalue weighted by atomic mass is 9.91. The second-order valence-electron chi connectivity index (χ2n) is 10.2. The van der Waals surface area contributed by atoms with Crippen molar-refractivity contribution in [1.29, 1.82) is 0 Å². The zero-order valence-electron chi connectivity index (χ0n) is 22.5. The molecule has 9 heteroatoms. The van der Waals surface area contributed by atoms with Gasteiger partial charge in [-0.3, -0.25) is 4.98 Å². The molecule has 0 saturated heterocycles. The summed E-state index contributed by atoms with van der Waals surface area (Å²) in [7, 11) is 6.16. The minimum Gasteiger partial charge on any atom is -0.492 e. The zero-order valence-corrected chi connectivity index (χ0v) is 22.5. The molecule has 1 aliphatic heterocycles. The van der Waals surface area contributed by atoms with E-state index in [4.69, 9.17) is 20.4 Å². The number of hydrogen-bond acceptors (Lipinski definition) is 9. The predicted octanol–water partition coefficient (Wildman–Crippen LogP) is 4.33. The van der Waals surface area contributed by atoms with Gasteiger partial charge in [0.1, 0.15) is 11.6 Å². The molecule has 0 fully saturated rings. The molecule has 0 saturated carbocycles. The Hall–Kier alpha value is -3.59. The molecular formula is C27H38N8O. The van der Waals surface area contributed by atoms with Crippen molar-refractivity contribution in [2.75, 3.05) is 68.2 Å². The van der Waals surface area contributed by atoms with Gasteiger partial charge in [0.2, 0.25) is 5.95 Å². The topological polar surface area (TPSA) is 95.7 Å². The van der Waals surface area contributed by atoms with Crippen LogP contribution in [0.25, 0.3) is 0 Å². The Balaban J connectivity index is 1.62. The number of hydrogen-bond donors (Lipinski definition) is 2. The first-order chi connectivity index (χ1) is 17.1. The van der Waals surface area contributed by atoms with Crippen molar-refractivity contribution in [2.24, 2.45) is 0 Å². The summed E-state index contributed by atoms with van der Waals surface area (Å²) >= 11 is 0. The lowest BCUT2D eigenvalue weighted by Gasteiger charge is -2.25. The Morgan fingerprint density at radius 2 is 1.89 bits per heavy atom. The van der Waals surface area contributed by atoms with E-state index in [1.807, 2.05) is 45.2 Å². The van der Waals surface area contributed by atoms with Crippen molar-refractivity contribution >= 4 is 34.5 Å². The third kappa shape index (κ3) is 5.31. The van der Waals surface area contributed by atoms with Crippen LogP contribution in [0.15, 0.2) is 36.5 Å². The molecule has 9 nitrogen and oxygen atoms in total. The molecule has 192 valence electrons. The van der Waals surface area contributed by atoms with Crippen molar-refractivity contribution in [1.82, 2.24) is 19.9 Å². The van der Waals surface area contributed by atoms with Crippen LogP contribution >= 0.6 is 0 Å². The van der Waals surface area contributed by atoms with Gasteiger partial charge in [-0.15, -0.1) is 0 Å². The number of anilines is 6. The number of benzene rings is 1. The van der Waals surface area contributed by atoms with Crippen LogP contribution in [0.4, 0.5) is 34.5 Å². The highest BCUT2D eigenvalue weighted by Crippen LogP contribution is 2.43. The van der Waals surface area contributed by atoms with Crippen LogP contribution in [-0.4, -0.2) is 67.2 Å². The molecule has 3 heterocycles. The quantitative estimate of drug-likeness (QED) is 0.425. The molecular weight excluding hydrogens is 452 g/mol. The highest BCUT2D eigenvalue weighted by Gasteiger charge is 2.38. The van der Waals surface area contributed by atoms with E-state index >= 15 is 0 Å². The summed E-state index contributed by atoms with van der Waals surface area (Å²) in [5.74, 6) is 2.00. The first kappa shape index (κ1) is 25.5. The van der Waals surface area contributed by atoms with E-state index in [0.717, 1.165) is 53.9 Å². The third-order valence-corrected chi connectivity index (χ3v) is 6.38. The summed E-state index contributed by atoms with van der Waals surface area (Å²) in [6.07, 6.45) is 1.77. The Bertz CT molecular complexity index is 1230. The molecule has 3 N–H and O–H groups in total. The Kier molecular flexibility index (Phi) is 7.21. The highest BCUT2D eigenvalue weighted by molar-refractivity contribution is 5.79. The van der Waals surface area contributed by atoms with E-state index in [1.54, 1.807) is 6.20 Å². The molecule has 0 atom stereocenters. The monoisotopic (exact) mass is 490 g/mol. The lowest BCUT2D eigenvalue weighted by Crippen LogP contribution is -2.29. The second-order valence-corrected chi connectivity index (χ2v) is 10.2. The van der Waals surface area contributed by atoms with E-state index in [0.29, 0.717) is 24.0 Å². The summed E-state index contributed by atoms with van der Waals surface area (Å²) in [5, 5.41) is 3.34. The Labute approximate surface area is 214 Å². The molecule has 0 unspecified atom stereocenters. The van der Waals surface area contributed by atoms with E-state index in [-0.39, 0.29) is 5.41 Å². The van der Waals surface area contributed by atoms with E-state index < -0.39 is 0 Å². The smallest absolute Gasteiger partial charge is 0.229 e. The fraction of sp³-hybridized carbons (Fsp3) is 0.444. The minimum absolute atomic E-state index is 0.0785. The zero-order chi connectivity index (χ0) is 26.0. The van der Waals surface area contributed by atoms with Gasteiger partial charge in [0, 0.05) is 50.1 Å². The molecule has 2 aromatic heterocycles. The normalized spacial score (nSPS) is 14.2. The second kappa shape index (κ2) is 10.2. The standard InChI is InChI=1S/C27H38N8O/c1-8-36-23-16-22(34(7)14-13-33(5)6)19(28)15-20(23)31-26-29-12-11-24(32-26)35-17-27(3,4)25-21(35)10-9-18(2)30-25/h9-12,15-16H,8,13-14,17,28H2,1-7H3,(H,29,31,32). The summed E-state index contributed by atoms with van der Waals surface area (Å²) in [6, 6.07) is 9.97. The molecule has 1 aliphatic rings. The fourth-order valence-electron chi connectivity index (χ4n) is 4.46. The van der Waals surface area contributed by atoms with Gasteiger partial charge in [-0.05, 0) is 52.2 Å². The van der Waals surface area contributed by atoms with Gasteiger partial charge < -0.3 is 30.5 Å². The first-order valence-corrected chi connectivity index (χ1v) is 12.4. The maximum Gasteiger partial charge on any atom is 0.229 e. The van der Waals surface area contributed by atoms with Gasteiger partial charge in [0.15, 0.2) is 0 Å². The van der Waals surface area contributed by atoms with Crippen LogP contribution in [-0.2, 0) is 5.41 Å². The molecule has 3 aromatic rings. The van der Waals surface area contributed by atoms with Gasteiger partial charge in [-0.1, -0.05) is 13.8 Å². The van der Waals surface area contributed by atoms with Crippen molar-refractivity contribution in [3.05, 3.63) is 47.9 Å². The number of aryl methyl sites for hydroxylation is 1. The van der Waals surface area contributed by atoms with Gasteiger partial charge in [-0.25, -0.2) is 4.98 Å². The molecule has 0 aliphatic carbocycles. The van der Waals surface area contributed by atoms with Crippen molar-refractivity contribution < 1.29 is 4.74 Å². The third-order valence-electron chi connectivity index (χ3n) is 6.38. The highest BCUT2D eigenvalue weighted by atomic mass is 16.5. The van der Waals surface area contributed by atoms with Gasteiger partial charge in [0.05, 0.1) is 35.1 Å². The Morgan fingerprint density at radius 3 is 2.61 bits per heavy atom. The molecule has 0 amide bonds. The van der Waals surface area contributed by atoms with Crippen molar-refractivity contribution in [3.8, 4) is 5.75 Å². The van der Waals surface area contributed by atoms with Crippen molar-refractivity contribution in [2.45, 2.75) is 33.1 Å². The number of aromatic nitrogens is 3. The molecule has 1 aromatic carbocycles. The SMILES string of the molecule is CCOc1cc(N(C)CCN(C)C)c(N)cc1Nc1nccc(N2CC(C)(C)c3nc(C)ccc32)n1. The number of nitrogens with one attached hydrogen (secondary N) is 1. The summed E-state index contributed by atoms with van der Waals surface area (Å²) in [5.41, 5.74) is 11.9. The largest absolute Gasteiger partial charge is 0.492 e. The number of likely N-dealkylation sites (N-methyl/N-ethyl adjacent to an activating group) is 2. The number of pyridine rings is 1. The van der Waals surface area contributed by atoms with Gasteiger partial charge >= 0.3 is 0 Å². The molecule has 0 spiro atoms. The Morgan fingerprint density at radius 1 is 1.11 bits per heavy atom. The summed E-state index contributed by atoms with van der Waals surface area (Å²) in [6.45, 7) is 11.5. The number of rotatable bonds is 9. The van der Waals surface area contributed by atoms with E-state index in [9.17, 15) is 0 Å². The van der Waals surface area contributed by atoms with Crippen LogP contribution in [0.5, 0.6) is 5.75 Å². The summed E-state index contributed by atoms with van der Waals surface area (Å²) in [4.78, 5) is 20.6. The number of nitrogens with two attached hydrogens (primary N) is 1. The minimum atomic E-state index is -0.0785. The number of ether oxygens (including phenoxy) is 1.